The number of carbonyl (C=O) groups is 2. The summed E-state index contributed by atoms with van der Waals surface area (Å²) in [4.78, 5) is 26.3. The Hall–Kier alpha value is -4.58. The van der Waals surface area contributed by atoms with E-state index in [1.54, 1.807) is 32.2 Å². The molecule has 0 N–H and O–H groups in total. The van der Waals surface area contributed by atoms with Crippen molar-refractivity contribution in [2.24, 2.45) is 0 Å². The summed E-state index contributed by atoms with van der Waals surface area (Å²) in [7, 11) is 1.63. The van der Waals surface area contributed by atoms with Crippen LogP contribution in [0.25, 0.3) is 0 Å². The number of hydrogen-bond acceptors (Lipinski definition) is 6. The van der Waals surface area contributed by atoms with E-state index in [0.29, 0.717) is 43.3 Å². The third-order valence-corrected chi connectivity index (χ3v) is 6.80. The van der Waals surface area contributed by atoms with E-state index in [2.05, 4.69) is 0 Å². The summed E-state index contributed by atoms with van der Waals surface area (Å²) in [5, 5.41) is 0. The molecule has 0 spiro atoms. The standard InChI is InChI=1S/C35H36O6/c1-4-39-34(36)19-18-33(32-13-9-8-10-25(32)2)35(37)28-20-30(40-23-26-11-6-5-7-12-26)22-31(21-28)41-24-27-14-16-29(38-3)17-15-27/h5-17,20-22,33H,4,18-19,23-24H2,1-3H3. The molecule has 0 amide bonds. The summed E-state index contributed by atoms with van der Waals surface area (Å²) in [6, 6.07) is 30.5. The van der Waals surface area contributed by atoms with Crippen molar-refractivity contribution in [3.05, 3.63) is 125 Å². The van der Waals surface area contributed by atoms with Crippen molar-refractivity contribution in [3.8, 4) is 17.2 Å². The van der Waals surface area contributed by atoms with Crippen molar-refractivity contribution >= 4 is 11.8 Å². The molecular weight excluding hydrogens is 516 g/mol. The molecule has 1 unspecified atom stereocenters. The van der Waals surface area contributed by atoms with E-state index < -0.39 is 5.92 Å². The topological polar surface area (TPSA) is 71.1 Å². The first-order valence-electron chi connectivity index (χ1n) is 13.8. The third-order valence-electron chi connectivity index (χ3n) is 6.80. The second-order valence-corrected chi connectivity index (χ2v) is 9.72. The van der Waals surface area contributed by atoms with Gasteiger partial charge in [-0.05, 0) is 66.8 Å². The molecule has 0 aromatic heterocycles. The number of carbonyl (C=O) groups excluding carboxylic acids is 2. The minimum Gasteiger partial charge on any atom is -0.497 e. The fourth-order valence-electron chi connectivity index (χ4n) is 4.61. The highest BCUT2D eigenvalue weighted by molar-refractivity contribution is 6.02. The summed E-state index contributed by atoms with van der Waals surface area (Å²) < 4.78 is 22.7. The van der Waals surface area contributed by atoms with Crippen molar-refractivity contribution in [2.75, 3.05) is 13.7 Å². The van der Waals surface area contributed by atoms with Gasteiger partial charge < -0.3 is 18.9 Å². The average molecular weight is 553 g/mol. The maximum atomic E-state index is 14.1. The Morgan fingerprint density at radius 1 is 0.732 bits per heavy atom. The molecule has 0 saturated carbocycles. The van der Waals surface area contributed by atoms with Crippen LogP contribution in [0, 0.1) is 6.92 Å². The largest absolute Gasteiger partial charge is 0.497 e. The van der Waals surface area contributed by atoms with Gasteiger partial charge in [0.25, 0.3) is 0 Å². The first-order valence-corrected chi connectivity index (χ1v) is 13.8. The predicted octanol–water partition coefficient (Wildman–Crippen LogP) is 7.47. The molecule has 41 heavy (non-hydrogen) atoms. The van der Waals surface area contributed by atoms with E-state index in [0.717, 1.165) is 28.0 Å². The molecule has 0 fully saturated rings. The van der Waals surface area contributed by atoms with E-state index in [-0.39, 0.29) is 18.2 Å². The number of benzene rings is 4. The number of hydrogen-bond donors (Lipinski definition) is 0. The fraction of sp³-hybridized carbons (Fsp3) is 0.257. The van der Waals surface area contributed by atoms with Gasteiger partial charge in [-0.3, -0.25) is 9.59 Å². The second kappa shape index (κ2) is 14.7. The Morgan fingerprint density at radius 2 is 1.34 bits per heavy atom. The molecule has 6 heteroatoms. The van der Waals surface area contributed by atoms with Gasteiger partial charge in [0.05, 0.1) is 13.7 Å². The number of methoxy groups -OCH3 is 1. The Kier molecular flexibility index (Phi) is 10.5. The number of ketones is 1. The van der Waals surface area contributed by atoms with Gasteiger partial charge in [-0.25, -0.2) is 0 Å². The van der Waals surface area contributed by atoms with Crippen molar-refractivity contribution < 1.29 is 28.5 Å². The average Bonchev–Trinajstić information content (AvgIpc) is 3.00. The summed E-state index contributed by atoms with van der Waals surface area (Å²) in [6.45, 7) is 4.71. The lowest BCUT2D eigenvalue weighted by Gasteiger charge is -2.20. The highest BCUT2D eigenvalue weighted by Crippen LogP contribution is 2.32. The smallest absolute Gasteiger partial charge is 0.305 e. The zero-order valence-corrected chi connectivity index (χ0v) is 23.8. The van der Waals surface area contributed by atoms with E-state index in [9.17, 15) is 9.59 Å². The van der Waals surface area contributed by atoms with E-state index in [1.807, 2.05) is 85.8 Å². The number of ether oxygens (including phenoxy) is 4. The van der Waals surface area contributed by atoms with Gasteiger partial charge >= 0.3 is 5.97 Å². The molecule has 4 aromatic carbocycles. The van der Waals surface area contributed by atoms with Crippen LogP contribution in [-0.4, -0.2) is 25.5 Å². The lowest BCUT2D eigenvalue weighted by Crippen LogP contribution is -2.17. The van der Waals surface area contributed by atoms with Crippen LogP contribution in [0.5, 0.6) is 17.2 Å². The normalized spacial score (nSPS) is 11.4. The molecule has 4 aromatic rings. The zero-order valence-electron chi connectivity index (χ0n) is 23.8. The minimum atomic E-state index is -0.528. The second-order valence-electron chi connectivity index (χ2n) is 9.72. The van der Waals surface area contributed by atoms with Crippen LogP contribution in [0.4, 0.5) is 0 Å². The van der Waals surface area contributed by atoms with Crippen LogP contribution >= 0.6 is 0 Å². The summed E-state index contributed by atoms with van der Waals surface area (Å²) in [6.07, 6.45) is 0.475. The van der Waals surface area contributed by atoms with Gasteiger partial charge in [0, 0.05) is 24.0 Å². The van der Waals surface area contributed by atoms with Gasteiger partial charge in [0.1, 0.15) is 30.5 Å². The maximum absolute atomic E-state index is 14.1. The fourth-order valence-corrected chi connectivity index (χ4v) is 4.61. The Morgan fingerprint density at radius 3 is 1.95 bits per heavy atom. The molecule has 0 saturated heterocycles. The van der Waals surface area contributed by atoms with Gasteiger partial charge in [0.2, 0.25) is 0 Å². The van der Waals surface area contributed by atoms with Gasteiger partial charge in [-0.15, -0.1) is 0 Å². The van der Waals surface area contributed by atoms with Gasteiger partial charge in [0.15, 0.2) is 5.78 Å². The molecule has 0 aliphatic heterocycles. The Labute approximate surface area is 241 Å². The van der Waals surface area contributed by atoms with Crippen LogP contribution < -0.4 is 14.2 Å². The molecule has 4 rings (SSSR count). The maximum Gasteiger partial charge on any atom is 0.305 e. The molecular formula is C35H36O6. The monoisotopic (exact) mass is 552 g/mol. The minimum absolute atomic E-state index is 0.108. The van der Waals surface area contributed by atoms with Crippen molar-refractivity contribution in [1.29, 1.82) is 0 Å². The van der Waals surface area contributed by atoms with E-state index in [4.69, 9.17) is 18.9 Å². The van der Waals surface area contributed by atoms with Crippen LogP contribution in [0.3, 0.4) is 0 Å². The first kappa shape index (κ1) is 29.4. The lowest BCUT2D eigenvalue weighted by atomic mass is 9.84. The quantitative estimate of drug-likeness (QED) is 0.119. The molecule has 0 heterocycles. The van der Waals surface area contributed by atoms with Crippen LogP contribution in [0.2, 0.25) is 0 Å². The molecule has 1 atom stereocenters. The zero-order chi connectivity index (χ0) is 29.0. The molecule has 0 aliphatic rings. The molecule has 6 nitrogen and oxygen atoms in total. The first-order chi connectivity index (χ1) is 20.0. The van der Waals surface area contributed by atoms with Crippen LogP contribution in [-0.2, 0) is 22.7 Å². The van der Waals surface area contributed by atoms with E-state index in [1.165, 1.54) is 0 Å². The highest BCUT2D eigenvalue weighted by Gasteiger charge is 2.26. The molecule has 212 valence electrons. The highest BCUT2D eigenvalue weighted by atomic mass is 16.5. The van der Waals surface area contributed by atoms with Crippen LogP contribution in [0.1, 0.15) is 58.3 Å². The number of rotatable bonds is 14. The number of Topliss-reactive ketones (excluding diaryl/α,β-unsaturated/α-hetero) is 1. The van der Waals surface area contributed by atoms with E-state index >= 15 is 0 Å². The third kappa shape index (κ3) is 8.45. The lowest BCUT2D eigenvalue weighted by molar-refractivity contribution is -0.143. The Balaban J connectivity index is 1.63. The van der Waals surface area contributed by atoms with Crippen molar-refractivity contribution in [2.45, 2.75) is 45.8 Å². The molecule has 0 aliphatic carbocycles. The number of aryl methyl sites for hydroxylation is 1. The molecule has 0 radical (unpaired) electrons. The SMILES string of the molecule is CCOC(=O)CCC(C(=O)c1cc(OCc2ccccc2)cc(OCc2ccc(OC)cc2)c1)c1ccccc1C. The molecule has 0 bridgehead atoms. The number of esters is 1. The summed E-state index contributed by atoms with van der Waals surface area (Å²) >= 11 is 0. The summed E-state index contributed by atoms with van der Waals surface area (Å²) in [5.74, 6) is 0.856. The summed E-state index contributed by atoms with van der Waals surface area (Å²) in [5.41, 5.74) is 4.30. The van der Waals surface area contributed by atoms with Gasteiger partial charge in [-0.1, -0.05) is 66.7 Å². The van der Waals surface area contributed by atoms with Crippen LogP contribution in [0.15, 0.2) is 97.1 Å². The van der Waals surface area contributed by atoms with Crippen molar-refractivity contribution in [3.63, 3.8) is 0 Å². The van der Waals surface area contributed by atoms with Crippen molar-refractivity contribution in [1.82, 2.24) is 0 Å². The van der Waals surface area contributed by atoms with Gasteiger partial charge in [-0.2, -0.15) is 0 Å². The predicted molar refractivity (Wildman–Crippen MR) is 159 cm³/mol. The Bertz CT molecular complexity index is 1430.